The first-order valence-corrected chi connectivity index (χ1v) is 13.5. The molecule has 5 atom stereocenters. The maximum absolute atomic E-state index is 13.0. The fraction of sp³-hybridized carbons (Fsp3) is 0.484. The van der Waals surface area contributed by atoms with Crippen molar-refractivity contribution >= 4 is 11.9 Å². The van der Waals surface area contributed by atoms with Crippen molar-refractivity contribution in [3.63, 3.8) is 0 Å². The number of fused-ring (bicyclic) bond motifs is 1. The summed E-state index contributed by atoms with van der Waals surface area (Å²) in [4.78, 5) is 24.9. The number of carbonyl (C=O) groups is 2. The minimum atomic E-state index is -0.522. The minimum Gasteiger partial charge on any atom is -0.462 e. The molecule has 5 nitrogen and oxygen atoms in total. The molecule has 3 aliphatic rings. The Morgan fingerprint density at radius 2 is 1.75 bits per heavy atom. The molecule has 5 rings (SSSR count). The van der Waals surface area contributed by atoms with E-state index in [1.165, 1.54) is 32.1 Å². The first-order chi connectivity index (χ1) is 17.6. The molecule has 0 radical (unpaired) electrons. The van der Waals surface area contributed by atoms with Crippen LogP contribution < -0.4 is 0 Å². The van der Waals surface area contributed by atoms with E-state index >= 15 is 0 Å². The van der Waals surface area contributed by atoms with Gasteiger partial charge in [0.1, 0.15) is 12.2 Å². The Bertz CT molecular complexity index is 1050. The summed E-state index contributed by atoms with van der Waals surface area (Å²) in [5, 5.41) is 10.6. The highest BCUT2D eigenvalue weighted by atomic mass is 16.6. The number of ether oxygens (including phenoxy) is 2. The summed E-state index contributed by atoms with van der Waals surface area (Å²) in [7, 11) is 0. The zero-order chi connectivity index (χ0) is 24.9. The fourth-order valence-electron chi connectivity index (χ4n) is 6.16. The molecule has 0 aromatic heterocycles. The van der Waals surface area contributed by atoms with E-state index in [0.717, 1.165) is 29.9 Å². The number of esters is 2. The zero-order valence-corrected chi connectivity index (χ0v) is 20.8. The predicted octanol–water partition coefficient (Wildman–Crippen LogP) is 6.11. The van der Waals surface area contributed by atoms with Crippen LogP contribution in [0.15, 0.2) is 66.7 Å². The van der Waals surface area contributed by atoms with Crippen LogP contribution in [0.3, 0.4) is 0 Å². The van der Waals surface area contributed by atoms with Gasteiger partial charge in [0.2, 0.25) is 0 Å². The Labute approximate surface area is 213 Å². The lowest BCUT2D eigenvalue weighted by atomic mass is 9.85. The van der Waals surface area contributed by atoms with E-state index in [1.54, 1.807) is 12.1 Å². The van der Waals surface area contributed by atoms with Crippen LogP contribution >= 0.6 is 0 Å². The first kappa shape index (κ1) is 24.8. The summed E-state index contributed by atoms with van der Waals surface area (Å²) in [5.41, 5.74) is 2.63. The van der Waals surface area contributed by atoms with E-state index in [0.29, 0.717) is 18.4 Å². The molecule has 3 fully saturated rings. The maximum atomic E-state index is 13.0. The van der Waals surface area contributed by atoms with Crippen molar-refractivity contribution in [1.29, 1.82) is 0 Å². The summed E-state index contributed by atoms with van der Waals surface area (Å²) in [5.74, 6) is 0.000976. The number of rotatable bonds is 8. The second-order valence-corrected chi connectivity index (χ2v) is 10.6. The van der Waals surface area contributed by atoms with Gasteiger partial charge in [-0.1, -0.05) is 86.7 Å². The van der Waals surface area contributed by atoms with Crippen molar-refractivity contribution in [3.8, 4) is 11.1 Å². The van der Waals surface area contributed by atoms with Crippen LogP contribution in [0.2, 0.25) is 0 Å². The van der Waals surface area contributed by atoms with E-state index in [2.05, 4.69) is 0 Å². The number of hydrogen-bond acceptors (Lipinski definition) is 5. The van der Waals surface area contributed by atoms with Gasteiger partial charge >= 0.3 is 11.9 Å². The highest BCUT2D eigenvalue weighted by Crippen LogP contribution is 2.44. The smallest absolute Gasteiger partial charge is 0.338 e. The van der Waals surface area contributed by atoms with Crippen molar-refractivity contribution in [2.24, 2.45) is 17.8 Å². The third kappa shape index (κ3) is 5.89. The quantitative estimate of drug-likeness (QED) is 0.359. The van der Waals surface area contributed by atoms with Crippen LogP contribution in [-0.2, 0) is 14.3 Å². The molecule has 190 valence electrons. The van der Waals surface area contributed by atoms with Crippen molar-refractivity contribution in [1.82, 2.24) is 0 Å². The highest BCUT2D eigenvalue weighted by Gasteiger charge is 2.50. The second kappa shape index (κ2) is 11.4. The summed E-state index contributed by atoms with van der Waals surface area (Å²) in [6, 6.07) is 17.5. The Balaban J connectivity index is 1.22. The van der Waals surface area contributed by atoms with E-state index in [-0.39, 0.29) is 36.0 Å². The van der Waals surface area contributed by atoms with Crippen LogP contribution in [0.4, 0.5) is 0 Å². The fourth-order valence-corrected chi connectivity index (χ4v) is 6.16. The van der Waals surface area contributed by atoms with Gasteiger partial charge < -0.3 is 14.6 Å². The van der Waals surface area contributed by atoms with E-state index < -0.39 is 6.10 Å². The Morgan fingerprint density at radius 3 is 2.50 bits per heavy atom. The van der Waals surface area contributed by atoms with Gasteiger partial charge in [-0.25, -0.2) is 4.79 Å². The third-order valence-corrected chi connectivity index (χ3v) is 8.19. The number of benzene rings is 2. The second-order valence-electron chi connectivity index (χ2n) is 10.6. The molecule has 36 heavy (non-hydrogen) atoms. The van der Waals surface area contributed by atoms with Crippen LogP contribution in [0.5, 0.6) is 0 Å². The van der Waals surface area contributed by atoms with E-state index in [4.69, 9.17) is 9.47 Å². The molecule has 1 N–H and O–H groups in total. The highest BCUT2D eigenvalue weighted by molar-refractivity contribution is 5.90. The number of carbonyl (C=O) groups excluding carboxylic acids is 2. The first-order valence-electron chi connectivity index (χ1n) is 13.5. The molecule has 2 aliphatic carbocycles. The van der Waals surface area contributed by atoms with Gasteiger partial charge in [-0.05, 0) is 42.0 Å². The molecule has 0 spiro atoms. The molecule has 2 saturated carbocycles. The van der Waals surface area contributed by atoms with Gasteiger partial charge in [0.05, 0.1) is 18.1 Å². The topological polar surface area (TPSA) is 72.8 Å². The SMILES string of the molecule is O=C1C[C@@H]2[C@@H](C=CC(O)CCC3CCCCC3)[C@H](OC(=O)c3ccc(-c4ccccc4)cc3)C[C@@H]2O1. The number of aliphatic hydroxyl groups is 1. The minimum absolute atomic E-state index is 0.0162. The molecule has 1 heterocycles. The molecule has 0 amide bonds. The summed E-state index contributed by atoms with van der Waals surface area (Å²) in [6.45, 7) is 0. The summed E-state index contributed by atoms with van der Waals surface area (Å²) >= 11 is 0. The number of aliphatic hydroxyl groups excluding tert-OH is 1. The lowest BCUT2D eigenvalue weighted by Crippen LogP contribution is -2.25. The van der Waals surface area contributed by atoms with Gasteiger partial charge in [-0.2, -0.15) is 0 Å². The molecule has 2 aromatic carbocycles. The van der Waals surface area contributed by atoms with Crippen LogP contribution in [0, 0.1) is 17.8 Å². The van der Waals surface area contributed by atoms with E-state index in [9.17, 15) is 14.7 Å². The van der Waals surface area contributed by atoms with Crippen LogP contribution in [0.25, 0.3) is 11.1 Å². The van der Waals surface area contributed by atoms with Gasteiger partial charge in [0, 0.05) is 18.3 Å². The Hall–Kier alpha value is -2.92. The molecular formula is C31H36O5. The lowest BCUT2D eigenvalue weighted by Gasteiger charge is -2.22. The van der Waals surface area contributed by atoms with E-state index in [1.807, 2.05) is 54.6 Å². The number of hydrogen-bond donors (Lipinski definition) is 1. The monoisotopic (exact) mass is 488 g/mol. The average molecular weight is 489 g/mol. The maximum Gasteiger partial charge on any atom is 0.338 e. The van der Waals surface area contributed by atoms with Gasteiger partial charge in [0.15, 0.2) is 0 Å². The summed E-state index contributed by atoms with van der Waals surface area (Å²) in [6.07, 6.45) is 11.8. The predicted molar refractivity (Wildman–Crippen MR) is 138 cm³/mol. The van der Waals surface area contributed by atoms with Gasteiger partial charge in [0.25, 0.3) is 0 Å². The van der Waals surface area contributed by atoms with Crippen LogP contribution in [-0.4, -0.2) is 35.4 Å². The average Bonchev–Trinajstić information content (AvgIpc) is 3.42. The molecule has 0 bridgehead atoms. The molecule has 1 aliphatic heterocycles. The summed E-state index contributed by atoms with van der Waals surface area (Å²) < 4.78 is 11.5. The van der Waals surface area contributed by atoms with Gasteiger partial charge in [-0.15, -0.1) is 0 Å². The molecule has 1 saturated heterocycles. The van der Waals surface area contributed by atoms with Gasteiger partial charge in [-0.3, -0.25) is 4.79 Å². The molecule has 5 heteroatoms. The standard InChI is InChI=1S/C31H36O5/c32-25(16-11-21-7-3-1-4-8-21)17-18-26-27-19-30(33)35-29(27)20-28(26)36-31(34)24-14-12-23(13-15-24)22-9-5-2-6-10-22/h2,5-6,9-10,12-15,17-18,21,25-29,32H,1,3-4,7-8,11,16,19-20H2/t25?,26-,27-,28-,29+/m1/s1. The normalized spacial score (nSPS) is 27.1. The van der Waals surface area contributed by atoms with Crippen LogP contribution in [0.1, 0.15) is 68.1 Å². The van der Waals surface area contributed by atoms with Crippen molar-refractivity contribution < 1.29 is 24.2 Å². The molecular weight excluding hydrogens is 452 g/mol. The zero-order valence-electron chi connectivity index (χ0n) is 20.8. The Morgan fingerprint density at radius 1 is 1.03 bits per heavy atom. The molecule has 2 aromatic rings. The van der Waals surface area contributed by atoms with Crippen molar-refractivity contribution in [2.45, 2.75) is 76.1 Å². The Kier molecular flexibility index (Phi) is 7.86. The lowest BCUT2D eigenvalue weighted by molar-refractivity contribution is -0.141. The van der Waals surface area contributed by atoms with Crippen molar-refractivity contribution in [2.75, 3.05) is 0 Å². The molecule has 1 unspecified atom stereocenters. The largest absolute Gasteiger partial charge is 0.462 e. The third-order valence-electron chi connectivity index (χ3n) is 8.19. The van der Waals surface area contributed by atoms with Crippen molar-refractivity contribution in [3.05, 3.63) is 72.3 Å².